The highest BCUT2D eigenvalue weighted by Crippen LogP contribution is 1.98. The highest BCUT2D eigenvalue weighted by atomic mass is 16.5. The van der Waals surface area contributed by atoms with Crippen LogP contribution in [0.3, 0.4) is 0 Å². The summed E-state index contributed by atoms with van der Waals surface area (Å²) < 4.78 is 4.85. The van der Waals surface area contributed by atoms with E-state index in [1.807, 2.05) is 13.8 Å². The number of carbonyl (C=O) groups excluding carboxylic acids is 2. The maximum absolute atomic E-state index is 11.8. The number of nitrogens with zero attached hydrogens (tertiary/aromatic N) is 1. The summed E-state index contributed by atoms with van der Waals surface area (Å²) >= 11 is 0. The van der Waals surface area contributed by atoms with E-state index in [0.29, 0.717) is 13.2 Å². The molecule has 1 amide bonds. The maximum atomic E-state index is 11.8. The van der Waals surface area contributed by atoms with Gasteiger partial charge in [0.15, 0.2) is 0 Å². The van der Waals surface area contributed by atoms with E-state index in [1.54, 1.807) is 25.8 Å². The number of hydrogen-bond donors (Lipinski definition) is 1. The van der Waals surface area contributed by atoms with E-state index >= 15 is 0 Å². The Morgan fingerprint density at radius 3 is 2.35 bits per heavy atom. The van der Waals surface area contributed by atoms with Crippen LogP contribution in [0.1, 0.15) is 34.1 Å². The molecule has 0 aromatic rings. The molecule has 17 heavy (non-hydrogen) atoms. The second kappa shape index (κ2) is 8.06. The molecule has 100 valence electrons. The molecule has 0 heterocycles. The molecule has 0 aromatic carbocycles. The van der Waals surface area contributed by atoms with Crippen LogP contribution in [-0.2, 0) is 14.3 Å². The van der Waals surface area contributed by atoms with Gasteiger partial charge in [0.05, 0.1) is 19.1 Å². The van der Waals surface area contributed by atoms with Gasteiger partial charge in [-0.1, -0.05) is 0 Å². The van der Waals surface area contributed by atoms with Crippen molar-refractivity contribution >= 4 is 11.9 Å². The number of likely N-dealkylation sites (N-methyl/N-ethyl adjacent to an activating group) is 1. The van der Waals surface area contributed by atoms with Crippen LogP contribution < -0.4 is 5.32 Å². The summed E-state index contributed by atoms with van der Waals surface area (Å²) in [6, 6.07) is -0.359. The van der Waals surface area contributed by atoms with Crippen molar-refractivity contribution in [1.29, 1.82) is 0 Å². The number of esters is 1. The van der Waals surface area contributed by atoms with Crippen LogP contribution >= 0.6 is 0 Å². The van der Waals surface area contributed by atoms with E-state index in [1.165, 1.54) is 0 Å². The van der Waals surface area contributed by atoms with Gasteiger partial charge < -0.3 is 15.0 Å². The standard InChI is InChI=1S/C12H24N2O3/c1-6-14(5)12(16)10(4)13-9(3)8-11(15)17-7-2/h9-10,13H,6-8H2,1-5H3. The van der Waals surface area contributed by atoms with E-state index in [4.69, 9.17) is 4.74 Å². The van der Waals surface area contributed by atoms with Gasteiger partial charge in [-0.3, -0.25) is 9.59 Å². The predicted molar refractivity (Wildman–Crippen MR) is 66.6 cm³/mol. The van der Waals surface area contributed by atoms with Crippen molar-refractivity contribution in [3.05, 3.63) is 0 Å². The van der Waals surface area contributed by atoms with Crippen LogP contribution in [-0.4, -0.2) is 49.1 Å². The zero-order valence-electron chi connectivity index (χ0n) is 11.4. The summed E-state index contributed by atoms with van der Waals surface area (Å²) in [5.74, 6) is -0.209. The van der Waals surface area contributed by atoms with Crippen molar-refractivity contribution in [2.75, 3.05) is 20.2 Å². The lowest BCUT2D eigenvalue weighted by atomic mass is 10.2. The Hall–Kier alpha value is -1.10. The van der Waals surface area contributed by atoms with Gasteiger partial charge in [0.2, 0.25) is 5.91 Å². The highest BCUT2D eigenvalue weighted by molar-refractivity contribution is 5.81. The molecule has 0 rings (SSSR count). The summed E-state index contributed by atoms with van der Waals surface area (Å²) in [6.07, 6.45) is 0.279. The first kappa shape index (κ1) is 15.9. The number of amides is 1. The van der Waals surface area contributed by atoms with Crippen LogP contribution in [0.25, 0.3) is 0 Å². The molecule has 0 bridgehead atoms. The lowest BCUT2D eigenvalue weighted by Crippen LogP contribution is -2.46. The zero-order valence-corrected chi connectivity index (χ0v) is 11.4. The fraction of sp³-hybridized carbons (Fsp3) is 0.833. The van der Waals surface area contributed by atoms with Crippen LogP contribution in [0.15, 0.2) is 0 Å². The van der Waals surface area contributed by atoms with E-state index in [-0.39, 0.29) is 30.4 Å². The molecule has 0 radical (unpaired) electrons. The van der Waals surface area contributed by atoms with Gasteiger partial charge in [0, 0.05) is 19.6 Å². The minimum atomic E-state index is -0.288. The van der Waals surface area contributed by atoms with E-state index in [0.717, 1.165) is 0 Å². The van der Waals surface area contributed by atoms with Gasteiger partial charge in [-0.05, 0) is 27.7 Å². The SMILES string of the molecule is CCOC(=O)CC(C)NC(C)C(=O)N(C)CC. The molecule has 0 saturated heterocycles. The highest BCUT2D eigenvalue weighted by Gasteiger charge is 2.19. The second-order valence-electron chi connectivity index (χ2n) is 4.15. The van der Waals surface area contributed by atoms with E-state index in [9.17, 15) is 9.59 Å². The summed E-state index contributed by atoms with van der Waals surface area (Å²) in [5.41, 5.74) is 0. The van der Waals surface area contributed by atoms with Crippen molar-refractivity contribution in [2.45, 2.75) is 46.2 Å². The first-order valence-corrected chi connectivity index (χ1v) is 6.08. The number of nitrogens with one attached hydrogen (secondary N) is 1. The Morgan fingerprint density at radius 2 is 1.88 bits per heavy atom. The van der Waals surface area contributed by atoms with Crippen LogP contribution in [0.2, 0.25) is 0 Å². The molecule has 0 spiro atoms. The minimum absolute atomic E-state index is 0.0307. The Balaban J connectivity index is 4.07. The molecule has 2 unspecified atom stereocenters. The molecule has 0 saturated carbocycles. The molecule has 0 fully saturated rings. The Morgan fingerprint density at radius 1 is 1.29 bits per heavy atom. The normalized spacial score (nSPS) is 13.9. The fourth-order valence-electron chi connectivity index (χ4n) is 1.51. The Kier molecular flexibility index (Phi) is 7.54. The van der Waals surface area contributed by atoms with Crippen molar-refractivity contribution in [1.82, 2.24) is 10.2 Å². The van der Waals surface area contributed by atoms with Gasteiger partial charge >= 0.3 is 5.97 Å². The monoisotopic (exact) mass is 244 g/mol. The molecule has 2 atom stereocenters. The predicted octanol–water partition coefficient (Wildman–Crippen LogP) is 0.785. The smallest absolute Gasteiger partial charge is 0.307 e. The molecule has 5 heteroatoms. The van der Waals surface area contributed by atoms with Crippen molar-refractivity contribution in [3.8, 4) is 0 Å². The van der Waals surface area contributed by atoms with Crippen LogP contribution in [0.5, 0.6) is 0 Å². The largest absolute Gasteiger partial charge is 0.466 e. The van der Waals surface area contributed by atoms with E-state index < -0.39 is 0 Å². The topological polar surface area (TPSA) is 58.6 Å². The third-order valence-corrected chi connectivity index (χ3v) is 2.53. The third kappa shape index (κ3) is 6.26. The lowest BCUT2D eigenvalue weighted by Gasteiger charge is -2.23. The number of carbonyl (C=O) groups is 2. The average Bonchev–Trinajstić information content (AvgIpc) is 2.26. The van der Waals surface area contributed by atoms with Gasteiger partial charge in [-0.25, -0.2) is 0 Å². The van der Waals surface area contributed by atoms with Crippen molar-refractivity contribution < 1.29 is 14.3 Å². The summed E-state index contributed by atoms with van der Waals surface area (Å²) in [5, 5.41) is 3.09. The van der Waals surface area contributed by atoms with Gasteiger partial charge in [-0.2, -0.15) is 0 Å². The average molecular weight is 244 g/mol. The zero-order chi connectivity index (χ0) is 13.4. The minimum Gasteiger partial charge on any atom is -0.466 e. The lowest BCUT2D eigenvalue weighted by molar-refractivity contribution is -0.144. The molecule has 0 aliphatic carbocycles. The first-order valence-electron chi connectivity index (χ1n) is 6.08. The van der Waals surface area contributed by atoms with Crippen LogP contribution in [0, 0.1) is 0 Å². The quantitative estimate of drug-likeness (QED) is 0.673. The summed E-state index contributed by atoms with van der Waals surface area (Å²) in [6.45, 7) is 8.43. The molecular formula is C12H24N2O3. The molecule has 0 aliphatic rings. The first-order chi connectivity index (χ1) is 7.92. The Bertz CT molecular complexity index is 256. The third-order valence-electron chi connectivity index (χ3n) is 2.53. The molecule has 0 aromatic heterocycles. The van der Waals surface area contributed by atoms with Crippen molar-refractivity contribution in [2.24, 2.45) is 0 Å². The van der Waals surface area contributed by atoms with Gasteiger partial charge in [0.1, 0.15) is 0 Å². The molecular weight excluding hydrogens is 220 g/mol. The number of hydrogen-bond acceptors (Lipinski definition) is 4. The summed E-state index contributed by atoms with van der Waals surface area (Å²) in [4.78, 5) is 24.7. The van der Waals surface area contributed by atoms with Crippen molar-refractivity contribution in [3.63, 3.8) is 0 Å². The number of rotatable bonds is 7. The van der Waals surface area contributed by atoms with Crippen LogP contribution in [0.4, 0.5) is 0 Å². The molecule has 1 N–H and O–H groups in total. The maximum Gasteiger partial charge on any atom is 0.307 e. The van der Waals surface area contributed by atoms with Gasteiger partial charge in [0.25, 0.3) is 0 Å². The van der Waals surface area contributed by atoms with E-state index in [2.05, 4.69) is 5.32 Å². The van der Waals surface area contributed by atoms with Gasteiger partial charge in [-0.15, -0.1) is 0 Å². The second-order valence-corrected chi connectivity index (χ2v) is 4.15. The fourth-order valence-corrected chi connectivity index (χ4v) is 1.51. The summed E-state index contributed by atoms with van der Waals surface area (Å²) in [7, 11) is 1.76. The Labute approximate surface area is 103 Å². The number of ether oxygens (including phenoxy) is 1. The molecule has 0 aliphatic heterocycles. The molecule has 5 nitrogen and oxygen atoms in total.